The van der Waals surface area contributed by atoms with E-state index >= 15 is 0 Å². The van der Waals surface area contributed by atoms with Crippen LogP contribution in [0.25, 0.3) is 0 Å². The van der Waals surface area contributed by atoms with Gasteiger partial charge in [-0.2, -0.15) is 0 Å². The molecule has 0 aliphatic heterocycles. The molecule has 0 saturated heterocycles. The van der Waals surface area contributed by atoms with E-state index in [-0.39, 0.29) is 17.5 Å². The summed E-state index contributed by atoms with van der Waals surface area (Å²) < 4.78 is 77.8. The highest BCUT2D eigenvalue weighted by Crippen LogP contribution is 2.40. The van der Waals surface area contributed by atoms with Gasteiger partial charge >= 0.3 is 24.1 Å². The van der Waals surface area contributed by atoms with Gasteiger partial charge in [0.2, 0.25) is 0 Å². The molecular formula is C48H56Br2F4N6O8. The third kappa shape index (κ3) is 19.7. The second kappa shape index (κ2) is 28.3. The predicted molar refractivity (Wildman–Crippen MR) is 254 cm³/mol. The monoisotopic (exact) mass is 1080 g/mol. The number of hydrogen-bond donors (Lipinski definition) is 2. The number of nitrogens with one attached hydrogen (secondary N) is 2. The van der Waals surface area contributed by atoms with E-state index in [1.54, 1.807) is 53.7 Å². The van der Waals surface area contributed by atoms with E-state index < -0.39 is 82.5 Å². The van der Waals surface area contributed by atoms with Crippen molar-refractivity contribution >= 4 is 56.0 Å². The molecule has 0 bridgehead atoms. The van der Waals surface area contributed by atoms with E-state index in [4.69, 9.17) is 9.47 Å². The number of hydrogen-bond acceptors (Lipinski definition) is 12. The number of carbonyl (C=O) groups is 4. The fourth-order valence-electron chi connectivity index (χ4n) is 6.19. The van der Waals surface area contributed by atoms with Crippen molar-refractivity contribution in [3.63, 3.8) is 0 Å². The molecule has 2 aromatic carbocycles. The highest BCUT2D eigenvalue weighted by atomic mass is 79.9. The van der Waals surface area contributed by atoms with Crippen molar-refractivity contribution in [1.82, 2.24) is 30.6 Å². The minimum atomic E-state index is -1.03. The summed E-state index contributed by atoms with van der Waals surface area (Å²) in [7, 11) is 2.56. The molecule has 4 rings (SSSR count). The van der Waals surface area contributed by atoms with Gasteiger partial charge in [0.25, 0.3) is 0 Å². The molecule has 68 heavy (non-hydrogen) atoms. The quantitative estimate of drug-likeness (QED) is 0.0357. The van der Waals surface area contributed by atoms with Gasteiger partial charge < -0.3 is 29.6 Å². The average Bonchev–Trinajstić information content (AvgIpc) is 3.27. The summed E-state index contributed by atoms with van der Waals surface area (Å²) in [5, 5.41) is 5.51. The smallest absolute Gasteiger partial charge is 0.408 e. The molecule has 0 aliphatic carbocycles. The molecule has 2 heterocycles. The van der Waals surface area contributed by atoms with Crippen molar-refractivity contribution in [1.29, 1.82) is 0 Å². The lowest BCUT2D eigenvalue weighted by molar-refractivity contribution is -0.135. The Balaban J connectivity index is 0.000000419. The van der Waals surface area contributed by atoms with Gasteiger partial charge in [-0.1, -0.05) is 43.0 Å². The highest BCUT2D eigenvalue weighted by Gasteiger charge is 2.35. The summed E-state index contributed by atoms with van der Waals surface area (Å²) in [6.07, 6.45) is 11.4. The number of halogens is 6. The van der Waals surface area contributed by atoms with Gasteiger partial charge in [-0.3, -0.25) is 9.97 Å². The minimum absolute atomic E-state index is 0.0417. The molecule has 368 valence electrons. The maximum absolute atomic E-state index is 14.9. The van der Waals surface area contributed by atoms with Gasteiger partial charge in [-0.25, -0.2) is 46.7 Å². The molecule has 20 heteroatoms. The lowest BCUT2D eigenvalue weighted by Crippen LogP contribution is -2.38. The van der Waals surface area contributed by atoms with Gasteiger partial charge in [-0.05, 0) is 122 Å². The van der Waals surface area contributed by atoms with Gasteiger partial charge in [0.15, 0.2) is 23.3 Å². The van der Waals surface area contributed by atoms with Crippen LogP contribution in [-0.4, -0.2) is 69.5 Å². The van der Waals surface area contributed by atoms with Crippen LogP contribution >= 0.6 is 31.9 Å². The molecule has 0 aliphatic rings. The van der Waals surface area contributed by atoms with Crippen LogP contribution < -0.4 is 10.6 Å². The molecule has 2 aromatic heterocycles. The number of alkyl carbamates (subject to hydrolysis) is 2. The van der Waals surface area contributed by atoms with Crippen molar-refractivity contribution in [2.45, 2.75) is 102 Å². The summed E-state index contributed by atoms with van der Waals surface area (Å²) in [6, 6.07) is 6.10. The van der Waals surface area contributed by atoms with E-state index in [9.17, 15) is 36.7 Å². The first-order valence-electron chi connectivity index (χ1n) is 20.8. The molecule has 0 fully saturated rings. The van der Waals surface area contributed by atoms with Crippen molar-refractivity contribution in [3.8, 4) is 0 Å². The van der Waals surface area contributed by atoms with Gasteiger partial charge in [0.1, 0.15) is 20.4 Å². The van der Waals surface area contributed by atoms with Crippen LogP contribution in [0.3, 0.4) is 0 Å². The Morgan fingerprint density at radius 2 is 1.04 bits per heavy atom. The van der Waals surface area contributed by atoms with Crippen LogP contribution in [0.4, 0.5) is 27.2 Å². The first kappa shape index (κ1) is 58.1. The number of aromatic nitrogens is 4. The largest absolute Gasteiger partial charge is 0.466 e. The molecule has 0 radical (unpaired) electrons. The Kier molecular flexibility index (Phi) is 24.2. The number of ether oxygens (including phenoxy) is 4. The summed E-state index contributed by atoms with van der Waals surface area (Å²) in [5.74, 6) is -6.31. The molecular weight excluding hydrogens is 1020 g/mol. The zero-order chi connectivity index (χ0) is 51.2. The van der Waals surface area contributed by atoms with E-state index in [1.165, 1.54) is 69.3 Å². The second-order valence-electron chi connectivity index (χ2n) is 16.3. The van der Waals surface area contributed by atoms with Crippen LogP contribution in [0.2, 0.25) is 0 Å². The minimum Gasteiger partial charge on any atom is -0.466 e. The number of amides is 2. The van der Waals surface area contributed by atoms with Crippen molar-refractivity contribution in [2.24, 2.45) is 0 Å². The van der Waals surface area contributed by atoms with Crippen LogP contribution in [-0.2, 0) is 28.5 Å². The van der Waals surface area contributed by atoms with Crippen LogP contribution in [0, 0.1) is 23.3 Å². The maximum atomic E-state index is 14.9. The lowest BCUT2D eigenvalue weighted by Gasteiger charge is -2.30. The molecule has 2 N–H and O–H groups in total. The number of carbonyl (C=O) groups excluding carboxylic acids is 4. The number of rotatable bonds is 16. The van der Waals surface area contributed by atoms with Gasteiger partial charge in [-0.15, -0.1) is 6.58 Å². The topological polar surface area (TPSA) is 181 Å². The number of esters is 2. The Morgan fingerprint density at radius 1 is 0.647 bits per heavy atom. The third-order valence-electron chi connectivity index (χ3n) is 9.01. The van der Waals surface area contributed by atoms with E-state index in [1.807, 2.05) is 0 Å². The molecule has 0 spiro atoms. The molecule has 2 amide bonds. The first-order valence-corrected chi connectivity index (χ1v) is 22.4. The van der Waals surface area contributed by atoms with Gasteiger partial charge in [0.05, 0.1) is 37.7 Å². The maximum Gasteiger partial charge on any atom is 0.408 e. The van der Waals surface area contributed by atoms with Crippen LogP contribution in [0.5, 0.6) is 0 Å². The number of allylic oxidation sites excluding steroid dienone is 2. The number of nitrogens with zero attached hydrogens (tertiary/aromatic N) is 4. The first-order chi connectivity index (χ1) is 32.0. The van der Waals surface area contributed by atoms with Crippen LogP contribution in [0.1, 0.15) is 114 Å². The molecule has 0 unspecified atom stereocenters. The third-order valence-corrected chi connectivity index (χ3v) is 10.2. The Hall–Kier alpha value is -6.02. The normalized spacial score (nSPS) is 12.9. The molecule has 4 aromatic rings. The molecule has 14 nitrogen and oxygen atoms in total. The van der Waals surface area contributed by atoms with Crippen molar-refractivity contribution < 1.29 is 55.7 Å². The lowest BCUT2D eigenvalue weighted by atomic mass is 9.85. The highest BCUT2D eigenvalue weighted by molar-refractivity contribution is 9.10. The standard InChI is InChI=1S/C23H26BrF2N3O4.C21H24BrF2N3O2.C4H6O2/c1-23(2,3)33-22(31)29-19(20-21(24)28-13-12-27-20)15(8-5-6-11-17(30)32-4)14-9-7-10-16(25)18(14)26;1-5-6-8-14(13-9-7-10-15(23)16(13)24)17(18-19(22)26-12-11-25-18)27-20(28)29-21(2,3)4;1-3-4(5)6-2/h6-7,9-13,15,19H,5,8H2,1-4H3,(H,29,31);5,7,9-12,14,17H,1,6,8H2,2-4H3,(H,27,28);3H,1H2,2H3/b11-6+;;/t15-,19-;14-,17-;/m00./s1. The van der Waals surface area contributed by atoms with Gasteiger partial charge in [0, 0.05) is 48.8 Å². The second-order valence-corrected chi connectivity index (χ2v) is 17.8. The average molecular weight is 1080 g/mol. The Morgan fingerprint density at radius 3 is 1.38 bits per heavy atom. The van der Waals surface area contributed by atoms with Crippen molar-refractivity contribution in [2.75, 3.05) is 14.2 Å². The predicted octanol–water partition coefficient (Wildman–Crippen LogP) is 11.6. The van der Waals surface area contributed by atoms with E-state index in [2.05, 4.69) is 85.1 Å². The van der Waals surface area contributed by atoms with E-state index in [0.29, 0.717) is 39.9 Å². The van der Waals surface area contributed by atoms with Crippen LogP contribution in [0.15, 0.2) is 108 Å². The Labute approximate surface area is 410 Å². The number of benzene rings is 2. The zero-order valence-corrected chi connectivity index (χ0v) is 42.1. The van der Waals surface area contributed by atoms with E-state index in [0.717, 1.165) is 18.2 Å². The van der Waals surface area contributed by atoms with Crippen molar-refractivity contribution in [3.05, 3.63) is 154 Å². The summed E-state index contributed by atoms with van der Waals surface area (Å²) >= 11 is 6.66. The molecule has 4 atom stereocenters. The number of methoxy groups -OCH3 is 2. The SMILES string of the molecule is C=CC(=O)OC.C=CCC[C@@H](c1cccc(F)c1F)[C@H](NC(=O)OC(C)(C)C)c1nccnc1Br.COC(=O)/C=C/CC[C@@H](c1cccc(F)c1F)[C@H](NC(=O)OC(C)(C)C)c1nccnc1Br. The fraction of sp³-hybridized carbons (Fsp3) is 0.375. The summed E-state index contributed by atoms with van der Waals surface area (Å²) in [4.78, 5) is 63.3. The summed E-state index contributed by atoms with van der Waals surface area (Å²) in [5.41, 5.74) is -0.637. The fourth-order valence-corrected chi connectivity index (χ4v) is 7.12. The summed E-state index contributed by atoms with van der Waals surface area (Å²) in [6.45, 7) is 17.2. The molecule has 0 saturated carbocycles. The zero-order valence-electron chi connectivity index (χ0n) is 39.0. The Bertz CT molecular complexity index is 2360.